The Morgan fingerprint density at radius 3 is 2.60 bits per heavy atom. The Bertz CT molecular complexity index is 863. The first kappa shape index (κ1) is 16.8. The molecule has 3 rings (SSSR count). The van der Waals surface area contributed by atoms with Crippen molar-refractivity contribution in [2.24, 2.45) is 0 Å². The molecular weight excluding hydrogens is 318 g/mol. The number of aliphatic hydroxyl groups excluding tert-OH is 1. The van der Waals surface area contributed by atoms with Gasteiger partial charge in [-0.1, -0.05) is 36.4 Å². The van der Waals surface area contributed by atoms with Gasteiger partial charge in [0.25, 0.3) is 5.91 Å². The molecule has 0 radical (unpaired) electrons. The highest BCUT2D eigenvalue weighted by Crippen LogP contribution is 2.22. The average molecular weight is 337 g/mol. The molecule has 3 aromatic rings. The van der Waals surface area contributed by atoms with Gasteiger partial charge in [0, 0.05) is 0 Å². The van der Waals surface area contributed by atoms with E-state index in [-0.39, 0.29) is 12.5 Å². The molecule has 0 aliphatic rings. The molecule has 0 aliphatic carbocycles. The second-order valence-corrected chi connectivity index (χ2v) is 5.78. The molecule has 0 bridgehead atoms. The van der Waals surface area contributed by atoms with Crippen LogP contribution in [0.15, 0.2) is 48.8 Å². The SMILES string of the molecule is Cc1ccc(C(=O)N[C@H](CO)c2ccccc2)c(-n2cnnn2)c1C. The van der Waals surface area contributed by atoms with E-state index in [9.17, 15) is 9.90 Å². The normalized spacial score (nSPS) is 12.0. The van der Waals surface area contributed by atoms with Gasteiger partial charge in [-0.3, -0.25) is 4.79 Å². The summed E-state index contributed by atoms with van der Waals surface area (Å²) in [5, 5.41) is 23.8. The van der Waals surface area contributed by atoms with Crippen LogP contribution in [-0.2, 0) is 0 Å². The molecule has 0 spiro atoms. The molecule has 0 saturated carbocycles. The van der Waals surface area contributed by atoms with E-state index >= 15 is 0 Å². The highest BCUT2D eigenvalue weighted by molar-refractivity contribution is 5.98. The smallest absolute Gasteiger partial charge is 0.254 e. The van der Waals surface area contributed by atoms with Crippen LogP contribution in [0, 0.1) is 13.8 Å². The number of rotatable bonds is 5. The van der Waals surface area contributed by atoms with Crippen LogP contribution in [0.5, 0.6) is 0 Å². The summed E-state index contributed by atoms with van der Waals surface area (Å²) < 4.78 is 1.48. The van der Waals surface area contributed by atoms with Crippen LogP contribution in [-0.4, -0.2) is 37.8 Å². The van der Waals surface area contributed by atoms with Gasteiger partial charge in [-0.15, -0.1) is 5.10 Å². The van der Waals surface area contributed by atoms with Crippen molar-refractivity contribution >= 4 is 5.91 Å². The molecule has 1 atom stereocenters. The van der Waals surface area contributed by atoms with Crippen LogP contribution in [0.1, 0.15) is 33.1 Å². The fourth-order valence-corrected chi connectivity index (χ4v) is 2.70. The maximum absolute atomic E-state index is 12.9. The van der Waals surface area contributed by atoms with E-state index < -0.39 is 6.04 Å². The van der Waals surface area contributed by atoms with Gasteiger partial charge in [-0.2, -0.15) is 4.68 Å². The first-order chi connectivity index (χ1) is 12.1. The number of aromatic nitrogens is 4. The highest BCUT2D eigenvalue weighted by Gasteiger charge is 2.20. The Labute approximate surface area is 145 Å². The van der Waals surface area contributed by atoms with Crippen LogP contribution < -0.4 is 5.32 Å². The number of aryl methyl sites for hydroxylation is 1. The predicted molar refractivity (Wildman–Crippen MR) is 92.4 cm³/mol. The number of nitrogens with zero attached hydrogens (tertiary/aromatic N) is 4. The summed E-state index contributed by atoms with van der Waals surface area (Å²) in [6.07, 6.45) is 1.46. The molecular formula is C18H19N5O2. The van der Waals surface area contributed by atoms with Crippen molar-refractivity contribution in [2.75, 3.05) is 6.61 Å². The maximum Gasteiger partial charge on any atom is 0.254 e. The summed E-state index contributed by atoms with van der Waals surface area (Å²) >= 11 is 0. The lowest BCUT2D eigenvalue weighted by atomic mass is 10.0. The monoisotopic (exact) mass is 337 g/mol. The third-order valence-electron chi connectivity index (χ3n) is 4.21. The van der Waals surface area contributed by atoms with Crippen molar-refractivity contribution < 1.29 is 9.90 Å². The van der Waals surface area contributed by atoms with Gasteiger partial charge in [-0.25, -0.2) is 0 Å². The number of carbonyl (C=O) groups excluding carboxylic acids is 1. The Morgan fingerprint density at radius 1 is 1.20 bits per heavy atom. The summed E-state index contributed by atoms with van der Waals surface area (Å²) in [5.41, 5.74) is 3.87. The van der Waals surface area contributed by atoms with Crippen molar-refractivity contribution in [1.29, 1.82) is 0 Å². The molecule has 2 aromatic carbocycles. The molecule has 1 aromatic heterocycles. The zero-order valence-corrected chi connectivity index (χ0v) is 14.0. The lowest BCUT2D eigenvalue weighted by Crippen LogP contribution is -2.31. The Balaban J connectivity index is 1.96. The van der Waals surface area contributed by atoms with Crippen LogP contribution in [0.25, 0.3) is 5.69 Å². The van der Waals surface area contributed by atoms with Crippen LogP contribution in [0.3, 0.4) is 0 Å². The number of hydrogen-bond donors (Lipinski definition) is 2. The fourth-order valence-electron chi connectivity index (χ4n) is 2.70. The second kappa shape index (κ2) is 7.23. The van der Waals surface area contributed by atoms with E-state index in [1.54, 1.807) is 6.07 Å². The first-order valence-electron chi connectivity index (χ1n) is 7.92. The predicted octanol–water partition coefficient (Wildman–Crippen LogP) is 1.74. The number of carbonyl (C=O) groups is 1. The molecule has 25 heavy (non-hydrogen) atoms. The Hall–Kier alpha value is -3.06. The van der Waals surface area contributed by atoms with Gasteiger partial charge in [-0.05, 0) is 47.0 Å². The molecule has 1 amide bonds. The van der Waals surface area contributed by atoms with E-state index in [1.807, 2.05) is 50.2 Å². The fraction of sp³-hybridized carbons (Fsp3) is 0.222. The van der Waals surface area contributed by atoms with Crippen molar-refractivity contribution in [3.63, 3.8) is 0 Å². The van der Waals surface area contributed by atoms with E-state index in [0.29, 0.717) is 11.3 Å². The summed E-state index contributed by atoms with van der Waals surface area (Å²) in [6, 6.07) is 12.5. The zero-order valence-electron chi connectivity index (χ0n) is 14.0. The van der Waals surface area contributed by atoms with Gasteiger partial charge < -0.3 is 10.4 Å². The zero-order chi connectivity index (χ0) is 17.8. The van der Waals surface area contributed by atoms with E-state index in [0.717, 1.165) is 16.7 Å². The molecule has 0 fully saturated rings. The summed E-state index contributed by atoms with van der Waals surface area (Å²) in [5.74, 6) is -0.295. The van der Waals surface area contributed by atoms with Crippen molar-refractivity contribution in [1.82, 2.24) is 25.5 Å². The van der Waals surface area contributed by atoms with E-state index in [1.165, 1.54) is 11.0 Å². The highest BCUT2D eigenvalue weighted by atomic mass is 16.3. The Kier molecular flexibility index (Phi) is 4.85. The van der Waals surface area contributed by atoms with E-state index in [2.05, 4.69) is 20.8 Å². The van der Waals surface area contributed by atoms with E-state index in [4.69, 9.17) is 0 Å². The molecule has 128 valence electrons. The Morgan fingerprint density at radius 2 is 1.96 bits per heavy atom. The molecule has 7 nitrogen and oxygen atoms in total. The molecule has 7 heteroatoms. The lowest BCUT2D eigenvalue weighted by Gasteiger charge is -2.19. The minimum absolute atomic E-state index is 0.194. The molecule has 1 heterocycles. The van der Waals surface area contributed by atoms with Crippen molar-refractivity contribution in [3.8, 4) is 5.69 Å². The second-order valence-electron chi connectivity index (χ2n) is 5.78. The standard InChI is InChI=1S/C18H19N5O2/c1-12-8-9-15(17(13(12)2)23-11-19-21-22-23)18(25)20-16(10-24)14-6-4-3-5-7-14/h3-9,11,16,24H,10H2,1-2H3,(H,20,25)/t16-/m1/s1. The van der Waals surface area contributed by atoms with Gasteiger partial charge >= 0.3 is 0 Å². The molecule has 0 unspecified atom stereocenters. The maximum atomic E-state index is 12.9. The molecule has 2 N–H and O–H groups in total. The van der Waals surface area contributed by atoms with Gasteiger partial charge in [0.05, 0.1) is 23.9 Å². The van der Waals surface area contributed by atoms with Crippen LogP contribution in [0.4, 0.5) is 0 Å². The van der Waals surface area contributed by atoms with Gasteiger partial charge in [0.1, 0.15) is 6.33 Å². The van der Waals surface area contributed by atoms with Gasteiger partial charge in [0.2, 0.25) is 0 Å². The minimum atomic E-state index is -0.489. The number of hydrogen-bond acceptors (Lipinski definition) is 5. The summed E-state index contributed by atoms with van der Waals surface area (Å²) in [7, 11) is 0. The number of nitrogens with one attached hydrogen (secondary N) is 1. The average Bonchev–Trinajstić information content (AvgIpc) is 3.16. The quantitative estimate of drug-likeness (QED) is 0.740. The molecule has 0 aliphatic heterocycles. The third-order valence-corrected chi connectivity index (χ3v) is 4.21. The third kappa shape index (κ3) is 3.41. The summed E-state index contributed by atoms with van der Waals surface area (Å²) in [4.78, 5) is 12.9. The van der Waals surface area contributed by atoms with Crippen molar-refractivity contribution in [2.45, 2.75) is 19.9 Å². The largest absolute Gasteiger partial charge is 0.394 e. The first-order valence-corrected chi connectivity index (χ1v) is 7.92. The van der Waals surface area contributed by atoms with Gasteiger partial charge in [0.15, 0.2) is 0 Å². The number of aliphatic hydroxyl groups is 1. The van der Waals surface area contributed by atoms with Crippen LogP contribution >= 0.6 is 0 Å². The molecule has 0 saturated heterocycles. The number of benzene rings is 2. The number of amides is 1. The minimum Gasteiger partial charge on any atom is -0.394 e. The number of tetrazole rings is 1. The van der Waals surface area contributed by atoms with Crippen LogP contribution in [0.2, 0.25) is 0 Å². The topological polar surface area (TPSA) is 92.9 Å². The van der Waals surface area contributed by atoms with Crippen molar-refractivity contribution in [3.05, 3.63) is 71.0 Å². The summed E-state index contributed by atoms with van der Waals surface area (Å²) in [6.45, 7) is 3.69. The lowest BCUT2D eigenvalue weighted by molar-refractivity contribution is 0.0916.